The summed E-state index contributed by atoms with van der Waals surface area (Å²) in [5, 5.41) is 3.45. The Bertz CT molecular complexity index is 374. The molecule has 0 radical (unpaired) electrons. The van der Waals surface area contributed by atoms with E-state index in [9.17, 15) is 8.78 Å². The summed E-state index contributed by atoms with van der Waals surface area (Å²) in [6.07, 6.45) is -0.121. The van der Waals surface area contributed by atoms with Crippen molar-refractivity contribution in [2.24, 2.45) is 0 Å². The number of rotatable bonds is 4. The van der Waals surface area contributed by atoms with Crippen molar-refractivity contribution in [3.63, 3.8) is 0 Å². The molecule has 0 atom stereocenters. The summed E-state index contributed by atoms with van der Waals surface area (Å²) < 4.78 is 25.1. The first-order chi connectivity index (χ1) is 8.65. The summed E-state index contributed by atoms with van der Waals surface area (Å²) in [5.74, 6) is 0. The van der Waals surface area contributed by atoms with E-state index in [1.807, 2.05) is 6.07 Å². The van der Waals surface area contributed by atoms with Gasteiger partial charge in [-0.2, -0.15) is 0 Å². The molecule has 100 valence electrons. The zero-order valence-electron chi connectivity index (χ0n) is 10.7. The molecule has 1 aliphatic heterocycles. The SMILES string of the molecule is CN1CCC(NCc2cccc(C(F)F)c2)CC1. The fourth-order valence-corrected chi connectivity index (χ4v) is 2.31. The van der Waals surface area contributed by atoms with Crippen LogP contribution >= 0.6 is 0 Å². The Morgan fingerprint density at radius 3 is 2.72 bits per heavy atom. The number of hydrogen-bond acceptors (Lipinski definition) is 2. The summed E-state index contributed by atoms with van der Waals surface area (Å²) >= 11 is 0. The Morgan fingerprint density at radius 1 is 1.33 bits per heavy atom. The second kappa shape index (κ2) is 6.25. The van der Waals surface area contributed by atoms with Crippen LogP contribution in [0.2, 0.25) is 0 Å². The molecule has 1 heterocycles. The number of nitrogens with one attached hydrogen (secondary N) is 1. The first kappa shape index (κ1) is 13.4. The summed E-state index contributed by atoms with van der Waals surface area (Å²) in [7, 11) is 2.13. The number of benzene rings is 1. The highest BCUT2D eigenvalue weighted by Gasteiger charge is 2.16. The maximum atomic E-state index is 12.6. The highest BCUT2D eigenvalue weighted by molar-refractivity contribution is 5.24. The lowest BCUT2D eigenvalue weighted by Gasteiger charge is -2.29. The third-order valence-electron chi connectivity index (χ3n) is 3.52. The van der Waals surface area contributed by atoms with E-state index in [1.54, 1.807) is 12.1 Å². The Kier molecular flexibility index (Phi) is 4.66. The van der Waals surface area contributed by atoms with Gasteiger partial charge in [0.25, 0.3) is 6.43 Å². The standard InChI is InChI=1S/C14H20F2N2/c1-18-7-5-13(6-8-18)17-10-11-3-2-4-12(9-11)14(15)16/h2-4,9,13-14,17H,5-8,10H2,1H3. The highest BCUT2D eigenvalue weighted by atomic mass is 19.3. The van der Waals surface area contributed by atoms with E-state index in [1.165, 1.54) is 6.07 Å². The van der Waals surface area contributed by atoms with Crippen LogP contribution in [0.5, 0.6) is 0 Å². The van der Waals surface area contributed by atoms with Gasteiger partial charge in [-0.3, -0.25) is 0 Å². The van der Waals surface area contributed by atoms with E-state index >= 15 is 0 Å². The maximum Gasteiger partial charge on any atom is 0.263 e. The van der Waals surface area contributed by atoms with E-state index in [2.05, 4.69) is 17.3 Å². The third-order valence-corrected chi connectivity index (χ3v) is 3.52. The van der Waals surface area contributed by atoms with Crippen LogP contribution in [0.3, 0.4) is 0 Å². The van der Waals surface area contributed by atoms with Crippen molar-refractivity contribution in [2.45, 2.75) is 31.9 Å². The summed E-state index contributed by atoms with van der Waals surface area (Å²) in [5.41, 5.74) is 1.05. The quantitative estimate of drug-likeness (QED) is 0.889. The zero-order valence-corrected chi connectivity index (χ0v) is 10.7. The Morgan fingerprint density at radius 2 is 2.06 bits per heavy atom. The van der Waals surface area contributed by atoms with Crippen LogP contribution in [0.15, 0.2) is 24.3 Å². The molecule has 18 heavy (non-hydrogen) atoms. The summed E-state index contributed by atoms with van der Waals surface area (Å²) in [4.78, 5) is 2.32. The molecule has 0 amide bonds. The number of likely N-dealkylation sites (tertiary alicyclic amines) is 1. The topological polar surface area (TPSA) is 15.3 Å². The number of hydrogen-bond donors (Lipinski definition) is 1. The van der Waals surface area contributed by atoms with Crippen LogP contribution < -0.4 is 5.32 Å². The van der Waals surface area contributed by atoms with Gasteiger partial charge in [0.05, 0.1) is 0 Å². The van der Waals surface area contributed by atoms with Gasteiger partial charge >= 0.3 is 0 Å². The molecule has 4 heteroatoms. The lowest BCUT2D eigenvalue weighted by molar-refractivity contribution is 0.151. The van der Waals surface area contributed by atoms with Gasteiger partial charge in [0.2, 0.25) is 0 Å². The van der Waals surface area contributed by atoms with Gasteiger partial charge in [-0.1, -0.05) is 18.2 Å². The second-order valence-electron chi connectivity index (χ2n) is 5.00. The normalized spacial score (nSPS) is 18.4. The first-order valence-corrected chi connectivity index (χ1v) is 6.44. The van der Waals surface area contributed by atoms with Gasteiger partial charge in [0.15, 0.2) is 0 Å². The molecule has 1 aromatic carbocycles. The lowest BCUT2D eigenvalue weighted by atomic mass is 10.0. The molecular formula is C14H20F2N2. The van der Waals surface area contributed by atoms with E-state index in [4.69, 9.17) is 0 Å². The van der Waals surface area contributed by atoms with Gasteiger partial charge in [-0.25, -0.2) is 8.78 Å². The second-order valence-corrected chi connectivity index (χ2v) is 5.00. The zero-order chi connectivity index (χ0) is 13.0. The molecule has 2 rings (SSSR count). The Hall–Kier alpha value is -1.00. The molecule has 1 fully saturated rings. The van der Waals surface area contributed by atoms with Crippen molar-refractivity contribution in [3.05, 3.63) is 35.4 Å². The van der Waals surface area contributed by atoms with Crippen LogP contribution in [-0.2, 0) is 6.54 Å². The lowest BCUT2D eigenvalue weighted by Crippen LogP contribution is -2.40. The molecule has 1 N–H and O–H groups in total. The number of nitrogens with zero attached hydrogens (tertiary/aromatic N) is 1. The molecule has 1 aliphatic rings. The van der Waals surface area contributed by atoms with E-state index in [-0.39, 0.29) is 5.56 Å². The molecule has 0 saturated carbocycles. The third kappa shape index (κ3) is 3.75. The minimum atomic E-state index is -2.38. The number of alkyl halides is 2. The van der Waals surface area contributed by atoms with Crippen molar-refractivity contribution in [2.75, 3.05) is 20.1 Å². The number of halogens is 2. The molecule has 0 aromatic heterocycles. The van der Waals surface area contributed by atoms with Crippen LogP contribution in [0.1, 0.15) is 30.4 Å². The fourth-order valence-electron chi connectivity index (χ4n) is 2.31. The number of piperidine rings is 1. The van der Waals surface area contributed by atoms with Gasteiger partial charge in [0.1, 0.15) is 0 Å². The minimum absolute atomic E-state index is 0.109. The molecule has 0 spiro atoms. The van der Waals surface area contributed by atoms with Crippen LogP contribution in [0.4, 0.5) is 8.78 Å². The predicted molar refractivity (Wildman–Crippen MR) is 68.8 cm³/mol. The smallest absolute Gasteiger partial charge is 0.263 e. The average molecular weight is 254 g/mol. The Labute approximate surface area is 107 Å². The van der Waals surface area contributed by atoms with Gasteiger partial charge in [-0.05, 0) is 44.6 Å². The fraction of sp³-hybridized carbons (Fsp3) is 0.571. The van der Waals surface area contributed by atoms with E-state index < -0.39 is 6.43 Å². The van der Waals surface area contributed by atoms with Crippen molar-refractivity contribution < 1.29 is 8.78 Å². The van der Waals surface area contributed by atoms with Crippen molar-refractivity contribution in [1.29, 1.82) is 0 Å². The van der Waals surface area contributed by atoms with Crippen LogP contribution in [-0.4, -0.2) is 31.1 Å². The van der Waals surface area contributed by atoms with Gasteiger partial charge in [0, 0.05) is 18.2 Å². The molecule has 0 aliphatic carbocycles. The minimum Gasteiger partial charge on any atom is -0.310 e. The molecule has 0 bridgehead atoms. The maximum absolute atomic E-state index is 12.6. The largest absolute Gasteiger partial charge is 0.310 e. The van der Waals surface area contributed by atoms with Crippen LogP contribution in [0.25, 0.3) is 0 Å². The predicted octanol–water partition coefficient (Wildman–Crippen LogP) is 2.81. The van der Waals surface area contributed by atoms with Crippen molar-refractivity contribution in [3.8, 4) is 0 Å². The monoisotopic (exact) mass is 254 g/mol. The van der Waals surface area contributed by atoms with Gasteiger partial charge < -0.3 is 10.2 Å². The van der Waals surface area contributed by atoms with Gasteiger partial charge in [-0.15, -0.1) is 0 Å². The van der Waals surface area contributed by atoms with Crippen molar-refractivity contribution >= 4 is 0 Å². The average Bonchev–Trinajstić information content (AvgIpc) is 2.38. The van der Waals surface area contributed by atoms with E-state index in [0.29, 0.717) is 12.6 Å². The first-order valence-electron chi connectivity index (χ1n) is 6.44. The molecular weight excluding hydrogens is 234 g/mol. The van der Waals surface area contributed by atoms with E-state index in [0.717, 1.165) is 31.5 Å². The summed E-state index contributed by atoms with van der Waals surface area (Å²) in [6.45, 7) is 2.89. The molecule has 1 saturated heterocycles. The molecule has 1 aromatic rings. The molecule has 2 nitrogen and oxygen atoms in total. The van der Waals surface area contributed by atoms with Crippen LogP contribution in [0, 0.1) is 0 Å². The van der Waals surface area contributed by atoms with Crippen molar-refractivity contribution in [1.82, 2.24) is 10.2 Å². The summed E-state index contributed by atoms with van der Waals surface area (Å²) in [6, 6.07) is 7.17. The molecule has 0 unspecified atom stereocenters. The Balaban J connectivity index is 1.84. The highest BCUT2D eigenvalue weighted by Crippen LogP contribution is 2.19.